The summed E-state index contributed by atoms with van der Waals surface area (Å²) < 4.78 is 41.1. The Morgan fingerprint density at radius 1 is 1.35 bits per heavy atom. The molecule has 0 aliphatic carbocycles. The van der Waals surface area contributed by atoms with Gasteiger partial charge < -0.3 is 24.2 Å². The molecular weight excluding hydrogens is 587 g/mol. The average molecular weight is 625 g/mol. The van der Waals surface area contributed by atoms with Crippen LogP contribution in [0.15, 0.2) is 15.8 Å². The Morgan fingerprint density at radius 2 is 2.10 bits per heavy atom. The molecule has 0 spiro atoms. The van der Waals surface area contributed by atoms with Crippen LogP contribution in [0.5, 0.6) is 0 Å². The van der Waals surface area contributed by atoms with Gasteiger partial charge in [0.2, 0.25) is 0 Å². The van der Waals surface area contributed by atoms with Crippen LogP contribution in [0.2, 0.25) is 0 Å². The van der Waals surface area contributed by atoms with Gasteiger partial charge in [-0.15, -0.1) is 12.3 Å². The summed E-state index contributed by atoms with van der Waals surface area (Å²) in [7, 11) is -1.76. The van der Waals surface area contributed by atoms with Crippen molar-refractivity contribution in [1.82, 2.24) is 9.55 Å². The van der Waals surface area contributed by atoms with Crippen molar-refractivity contribution in [3.63, 3.8) is 0 Å². The molecule has 226 valence electrons. The van der Waals surface area contributed by atoms with E-state index in [1.807, 2.05) is 0 Å². The summed E-state index contributed by atoms with van der Waals surface area (Å²) in [4.78, 5) is 49.4. The first-order valence-electron chi connectivity index (χ1n) is 12.7. The SMILES string of the molecule is C#CCCCSSCOCC(CC)(COP(=O)(O)OC1C[C@H](n2cc(C)c(=O)[nH]c2=O)O[C@@H]1CO)C(=O)OCC. The van der Waals surface area contributed by atoms with Gasteiger partial charge in [0.15, 0.2) is 0 Å². The number of terminal acetylenes is 1. The van der Waals surface area contributed by atoms with Crippen molar-refractivity contribution in [1.29, 1.82) is 0 Å². The number of aliphatic hydroxyl groups excluding tert-OH is 1. The second-order valence-corrected chi connectivity index (χ2v) is 12.9. The van der Waals surface area contributed by atoms with E-state index in [-0.39, 0.29) is 37.6 Å². The zero-order valence-corrected chi connectivity index (χ0v) is 25.3. The maximum absolute atomic E-state index is 12.9. The average Bonchev–Trinajstić information content (AvgIpc) is 3.31. The highest BCUT2D eigenvalue weighted by molar-refractivity contribution is 8.76. The third-order valence-electron chi connectivity index (χ3n) is 6.12. The Balaban J connectivity index is 2.04. The van der Waals surface area contributed by atoms with E-state index in [1.54, 1.807) is 24.6 Å². The molecule has 1 aromatic rings. The molecule has 16 heteroatoms. The number of phosphoric ester groups is 1. The molecule has 1 aromatic heterocycles. The van der Waals surface area contributed by atoms with E-state index >= 15 is 0 Å². The summed E-state index contributed by atoms with van der Waals surface area (Å²) in [6.07, 6.45) is 5.01. The van der Waals surface area contributed by atoms with Crippen LogP contribution in [-0.4, -0.2) is 75.8 Å². The van der Waals surface area contributed by atoms with Gasteiger partial charge in [-0.05, 0) is 26.7 Å². The second-order valence-electron chi connectivity index (χ2n) is 8.98. The smallest absolute Gasteiger partial charge is 0.465 e. The second kappa shape index (κ2) is 16.7. The highest BCUT2D eigenvalue weighted by Gasteiger charge is 2.45. The Morgan fingerprint density at radius 3 is 2.75 bits per heavy atom. The van der Waals surface area contributed by atoms with Gasteiger partial charge in [-0.25, -0.2) is 9.36 Å². The van der Waals surface area contributed by atoms with Gasteiger partial charge in [-0.2, -0.15) is 0 Å². The molecule has 3 N–H and O–H groups in total. The molecule has 1 fully saturated rings. The summed E-state index contributed by atoms with van der Waals surface area (Å²) >= 11 is 0. The van der Waals surface area contributed by atoms with Crippen molar-refractivity contribution in [3.8, 4) is 12.3 Å². The molecule has 5 atom stereocenters. The first kappa shape index (κ1) is 34.6. The van der Waals surface area contributed by atoms with Crippen molar-refractivity contribution in [2.45, 2.75) is 64.9 Å². The number of unbranched alkanes of at least 4 members (excludes halogenated alkanes) is 1. The number of carbonyl (C=O) groups is 1. The van der Waals surface area contributed by atoms with E-state index in [2.05, 4.69) is 10.9 Å². The van der Waals surface area contributed by atoms with Crippen LogP contribution in [0.1, 0.15) is 51.3 Å². The molecule has 0 radical (unpaired) electrons. The molecule has 2 rings (SSSR count). The fraction of sp³-hybridized carbons (Fsp3) is 0.708. The third-order valence-corrected chi connectivity index (χ3v) is 9.28. The number of ether oxygens (including phenoxy) is 3. The van der Waals surface area contributed by atoms with Crippen molar-refractivity contribution in [2.75, 3.05) is 38.1 Å². The summed E-state index contributed by atoms with van der Waals surface area (Å²) in [5.41, 5.74) is -2.42. The predicted molar refractivity (Wildman–Crippen MR) is 151 cm³/mol. The lowest BCUT2D eigenvalue weighted by molar-refractivity contribution is -0.162. The van der Waals surface area contributed by atoms with E-state index in [0.29, 0.717) is 6.42 Å². The molecule has 1 aliphatic rings. The van der Waals surface area contributed by atoms with E-state index in [0.717, 1.165) is 16.7 Å². The van der Waals surface area contributed by atoms with Gasteiger partial charge >= 0.3 is 19.5 Å². The number of H-pyrrole nitrogens is 1. The first-order chi connectivity index (χ1) is 19.0. The molecule has 0 aromatic carbocycles. The van der Waals surface area contributed by atoms with Crippen LogP contribution in [0.3, 0.4) is 0 Å². The molecule has 13 nitrogen and oxygen atoms in total. The number of hydrogen-bond acceptors (Lipinski definition) is 12. The molecule has 0 bridgehead atoms. The number of aryl methyl sites for hydroxylation is 1. The van der Waals surface area contributed by atoms with Crippen molar-refractivity contribution in [2.24, 2.45) is 5.41 Å². The summed E-state index contributed by atoms with van der Waals surface area (Å²) in [5.74, 6) is 3.04. The molecule has 0 amide bonds. The zero-order valence-electron chi connectivity index (χ0n) is 22.7. The Bertz CT molecular complexity index is 1170. The molecule has 2 heterocycles. The van der Waals surface area contributed by atoms with E-state index in [4.69, 9.17) is 29.7 Å². The number of nitrogens with one attached hydrogen (secondary N) is 1. The van der Waals surface area contributed by atoms with E-state index in [9.17, 15) is 28.9 Å². The van der Waals surface area contributed by atoms with E-state index < -0.39 is 62.1 Å². The van der Waals surface area contributed by atoms with Crippen molar-refractivity contribution in [3.05, 3.63) is 32.6 Å². The van der Waals surface area contributed by atoms with Gasteiger partial charge in [0.1, 0.15) is 29.8 Å². The number of phosphoric acid groups is 1. The van der Waals surface area contributed by atoms with Gasteiger partial charge in [-0.1, -0.05) is 28.5 Å². The van der Waals surface area contributed by atoms with Crippen LogP contribution in [0.4, 0.5) is 0 Å². The minimum absolute atomic E-state index is 0.0935. The third kappa shape index (κ3) is 10.0. The van der Waals surface area contributed by atoms with Crippen LogP contribution in [0, 0.1) is 24.7 Å². The maximum atomic E-state index is 12.9. The standard InChI is InChI=1S/C24H37N2O11PS2/c1-5-8-9-10-39-40-16-33-14-24(6-2,22(29)34-7-3)15-35-38(31,32)37-18-11-20(36-19(18)13-27)26-12-17(4)21(28)25-23(26)30/h1,12,18-20,27H,6-11,13-16H2,2-4H3,(H,31,32)(H,25,28,30)/t18?,19-,20-,24?/m1/s1. The normalized spacial score (nSPS) is 21.9. The lowest BCUT2D eigenvalue weighted by Gasteiger charge is -2.30. The fourth-order valence-corrected chi connectivity index (χ4v) is 6.49. The van der Waals surface area contributed by atoms with Crippen LogP contribution >= 0.6 is 29.4 Å². The monoisotopic (exact) mass is 624 g/mol. The molecular formula is C24H37N2O11PS2. The topological polar surface area (TPSA) is 176 Å². The van der Waals surface area contributed by atoms with Gasteiger partial charge in [-0.3, -0.25) is 28.2 Å². The van der Waals surface area contributed by atoms with Crippen molar-refractivity contribution < 1.29 is 42.6 Å². The van der Waals surface area contributed by atoms with Crippen LogP contribution in [0.25, 0.3) is 0 Å². The minimum atomic E-state index is -4.79. The highest BCUT2D eigenvalue weighted by atomic mass is 33.1. The fourth-order valence-electron chi connectivity index (χ4n) is 3.74. The van der Waals surface area contributed by atoms with Gasteiger partial charge in [0.25, 0.3) is 5.56 Å². The Hall–Kier alpha value is -1.60. The maximum Gasteiger partial charge on any atom is 0.472 e. The summed E-state index contributed by atoms with van der Waals surface area (Å²) in [5, 5.41) is 9.74. The lowest BCUT2D eigenvalue weighted by Crippen LogP contribution is -2.41. The number of rotatable bonds is 18. The number of esters is 1. The zero-order chi connectivity index (χ0) is 29.8. The highest BCUT2D eigenvalue weighted by Crippen LogP contribution is 2.49. The first-order valence-corrected chi connectivity index (χ1v) is 16.7. The Kier molecular flexibility index (Phi) is 14.5. The van der Waals surface area contributed by atoms with Crippen LogP contribution in [-0.2, 0) is 32.6 Å². The number of aliphatic hydroxyl groups is 1. The lowest BCUT2D eigenvalue weighted by atomic mass is 9.87. The molecule has 1 saturated heterocycles. The number of aromatic nitrogens is 2. The van der Waals surface area contributed by atoms with Crippen molar-refractivity contribution >= 4 is 35.4 Å². The largest absolute Gasteiger partial charge is 0.472 e. The van der Waals surface area contributed by atoms with Gasteiger partial charge in [0.05, 0.1) is 26.4 Å². The summed E-state index contributed by atoms with van der Waals surface area (Å²) in [6, 6.07) is 0. The number of nitrogens with zero attached hydrogens (tertiary/aromatic N) is 1. The molecule has 1 aliphatic heterocycles. The number of hydrogen-bond donors (Lipinski definition) is 3. The predicted octanol–water partition coefficient (Wildman–Crippen LogP) is 2.36. The van der Waals surface area contributed by atoms with Crippen LogP contribution < -0.4 is 11.2 Å². The number of aromatic amines is 1. The van der Waals surface area contributed by atoms with Gasteiger partial charge in [0, 0.05) is 30.4 Å². The summed E-state index contributed by atoms with van der Waals surface area (Å²) in [6.45, 7) is 3.71. The molecule has 40 heavy (non-hydrogen) atoms. The molecule has 0 saturated carbocycles. The molecule has 3 unspecified atom stereocenters. The number of carbonyl (C=O) groups excluding carboxylic acids is 1. The quantitative estimate of drug-likeness (QED) is 0.0542. The Labute approximate surface area is 240 Å². The van der Waals surface area contributed by atoms with E-state index in [1.165, 1.54) is 23.9 Å². The minimum Gasteiger partial charge on any atom is -0.465 e.